The van der Waals surface area contributed by atoms with Crippen LogP contribution in [-0.2, 0) is 14.6 Å². The largest absolute Gasteiger partial charge is 0.327 e. The molecular weight excluding hydrogens is 238 g/mol. The highest BCUT2D eigenvalue weighted by atomic mass is 32.2. The van der Waals surface area contributed by atoms with Crippen molar-refractivity contribution in [2.45, 2.75) is 51.5 Å². The Morgan fingerprint density at radius 2 is 1.94 bits per heavy atom. The highest BCUT2D eigenvalue weighted by Crippen LogP contribution is 2.25. The van der Waals surface area contributed by atoms with Gasteiger partial charge in [-0.2, -0.15) is 0 Å². The van der Waals surface area contributed by atoms with Crippen molar-refractivity contribution in [3.05, 3.63) is 0 Å². The van der Waals surface area contributed by atoms with E-state index in [1.54, 1.807) is 6.92 Å². The maximum Gasteiger partial charge on any atom is 0.150 e. The van der Waals surface area contributed by atoms with E-state index in [0.717, 1.165) is 25.7 Å². The Morgan fingerprint density at radius 3 is 2.53 bits per heavy atom. The number of Topliss-reactive ketones (excluding diaryl/α,β-unsaturated/α-hetero) is 1. The summed E-state index contributed by atoms with van der Waals surface area (Å²) in [4.78, 5) is 11.9. The lowest BCUT2D eigenvalue weighted by Gasteiger charge is -2.27. The second kappa shape index (κ2) is 6.50. The van der Waals surface area contributed by atoms with Crippen molar-refractivity contribution < 1.29 is 13.2 Å². The first-order chi connectivity index (χ1) is 7.96. The summed E-state index contributed by atoms with van der Waals surface area (Å²) in [5, 5.41) is 0. The van der Waals surface area contributed by atoms with Gasteiger partial charge in [0.05, 0.1) is 5.75 Å². The van der Waals surface area contributed by atoms with E-state index in [1.807, 2.05) is 0 Å². The number of carbonyl (C=O) groups is 1. The minimum atomic E-state index is -2.94. The molecule has 100 valence electrons. The molecule has 0 heterocycles. The SMILES string of the molecule is CCS(=O)(=O)CCCC(=O)C1CCCCC1N. The lowest BCUT2D eigenvalue weighted by molar-refractivity contribution is -0.124. The molecule has 1 aliphatic rings. The summed E-state index contributed by atoms with van der Waals surface area (Å²) in [6, 6.07) is -0.0148. The van der Waals surface area contributed by atoms with Crippen LogP contribution in [0.2, 0.25) is 0 Å². The molecule has 17 heavy (non-hydrogen) atoms. The lowest BCUT2D eigenvalue weighted by Crippen LogP contribution is -2.38. The standard InChI is InChI=1S/C12H23NO3S/c1-2-17(15,16)9-5-8-12(14)10-6-3-4-7-11(10)13/h10-11H,2-9,13H2,1H3. The fourth-order valence-corrected chi connectivity index (χ4v) is 3.23. The minimum Gasteiger partial charge on any atom is -0.327 e. The number of hydrogen-bond donors (Lipinski definition) is 1. The molecule has 0 amide bonds. The van der Waals surface area contributed by atoms with Crippen LogP contribution in [0.5, 0.6) is 0 Å². The van der Waals surface area contributed by atoms with Crippen LogP contribution in [0.1, 0.15) is 45.4 Å². The smallest absolute Gasteiger partial charge is 0.150 e. The van der Waals surface area contributed by atoms with E-state index < -0.39 is 9.84 Å². The number of hydrogen-bond acceptors (Lipinski definition) is 4. The van der Waals surface area contributed by atoms with Crippen LogP contribution < -0.4 is 5.73 Å². The van der Waals surface area contributed by atoms with E-state index in [-0.39, 0.29) is 29.2 Å². The van der Waals surface area contributed by atoms with Gasteiger partial charge in [-0.05, 0) is 19.3 Å². The highest BCUT2D eigenvalue weighted by Gasteiger charge is 2.27. The van der Waals surface area contributed by atoms with Crippen molar-refractivity contribution in [2.24, 2.45) is 11.7 Å². The summed E-state index contributed by atoms with van der Waals surface area (Å²) in [6.07, 6.45) is 4.77. The Morgan fingerprint density at radius 1 is 1.29 bits per heavy atom. The van der Waals surface area contributed by atoms with Gasteiger partial charge in [0.2, 0.25) is 0 Å². The molecule has 0 radical (unpaired) electrons. The van der Waals surface area contributed by atoms with Crippen LogP contribution in [0.15, 0.2) is 0 Å². The summed E-state index contributed by atoms with van der Waals surface area (Å²) < 4.78 is 22.6. The summed E-state index contributed by atoms with van der Waals surface area (Å²) in [7, 11) is -2.94. The van der Waals surface area contributed by atoms with E-state index in [1.165, 1.54) is 0 Å². The molecule has 0 aromatic heterocycles. The Kier molecular flexibility index (Phi) is 5.59. The van der Waals surface area contributed by atoms with E-state index in [9.17, 15) is 13.2 Å². The van der Waals surface area contributed by atoms with Crippen molar-refractivity contribution >= 4 is 15.6 Å². The average Bonchev–Trinajstić information content (AvgIpc) is 2.29. The van der Waals surface area contributed by atoms with Crippen molar-refractivity contribution in [3.63, 3.8) is 0 Å². The van der Waals surface area contributed by atoms with Crippen LogP contribution in [0.25, 0.3) is 0 Å². The number of ketones is 1. The van der Waals surface area contributed by atoms with E-state index >= 15 is 0 Å². The predicted octanol–water partition coefficient (Wildman–Crippen LogP) is 1.29. The maximum atomic E-state index is 11.9. The van der Waals surface area contributed by atoms with Gasteiger partial charge in [0.15, 0.2) is 0 Å². The first-order valence-corrected chi connectivity index (χ1v) is 8.27. The second-order valence-corrected chi connectivity index (χ2v) is 7.33. The molecule has 5 heteroatoms. The van der Waals surface area contributed by atoms with Crippen LogP contribution in [-0.4, -0.2) is 31.7 Å². The molecule has 0 saturated heterocycles. The van der Waals surface area contributed by atoms with Crippen LogP contribution in [0, 0.1) is 5.92 Å². The molecule has 2 atom stereocenters. The van der Waals surface area contributed by atoms with Gasteiger partial charge in [-0.15, -0.1) is 0 Å². The molecule has 1 saturated carbocycles. The van der Waals surface area contributed by atoms with E-state index in [4.69, 9.17) is 5.73 Å². The monoisotopic (exact) mass is 261 g/mol. The van der Waals surface area contributed by atoms with Gasteiger partial charge in [0, 0.05) is 24.1 Å². The normalized spacial score (nSPS) is 25.8. The zero-order valence-electron chi connectivity index (χ0n) is 10.5. The van der Waals surface area contributed by atoms with Gasteiger partial charge in [-0.25, -0.2) is 8.42 Å². The second-order valence-electron chi connectivity index (χ2n) is 4.86. The minimum absolute atomic E-state index is 0.0148. The Bertz CT molecular complexity index is 351. The Hall–Kier alpha value is -0.420. The molecule has 0 aromatic rings. The summed E-state index contributed by atoms with van der Waals surface area (Å²) in [5.41, 5.74) is 5.92. The zero-order chi connectivity index (χ0) is 12.9. The molecule has 0 aliphatic heterocycles. The van der Waals surface area contributed by atoms with Gasteiger partial charge in [0.1, 0.15) is 15.6 Å². The third-order valence-corrected chi connectivity index (χ3v) is 5.34. The van der Waals surface area contributed by atoms with Gasteiger partial charge >= 0.3 is 0 Å². The number of sulfone groups is 1. The zero-order valence-corrected chi connectivity index (χ0v) is 11.3. The average molecular weight is 261 g/mol. The van der Waals surface area contributed by atoms with Gasteiger partial charge in [0.25, 0.3) is 0 Å². The Balaban J connectivity index is 2.34. The molecule has 0 aromatic carbocycles. The lowest BCUT2D eigenvalue weighted by atomic mass is 9.81. The molecule has 0 spiro atoms. The van der Waals surface area contributed by atoms with Crippen LogP contribution in [0.3, 0.4) is 0 Å². The van der Waals surface area contributed by atoms with Crippen molar-refractivity contribution in [1.29, 1.82) is 0 Å². The third-order valence-electron chi connectivity index (χ3n) is 3.55. The quantitative estimate of drug-likeness (QED) is 0.781. The molecule has 1 fully saturated rings. The third kappa shape index (κ3) is 4.76. The maximum absolute atomic E-state index is 11.9. The first-order valence-electron chi connectivity index (χ1n) is 6.45. The van der Waals surface area contributed by atoms with E-state index in [0.29, 0.717) is 12.8 Å². The Labute approximate surface area is 104 Å². The molecule has 0 bridgehead atoms. The summed E-state index contributed by atoms with van der Waals surface area (Å²) >= 11 is 0. The van der Waals surface area contributed by atoms with Crippen LogP contribution in [0.4, 0.5) is 0 Å². The summed E-state index contributed by atoms with van der Waals surface area (Å²) in [6.45, 7) is 1.63. The molecule has 4 nitrogen and oxygen atoms in total. The molecule has 2 N–H and O–H groups in total. The van der Waals surface area contributed by atoms with Crippen molar-refractivity contribution in [1.82, 2.24) is 0 Å². The van der Waals surface area contributed by atoms with Crippen LogP contribution >= 0.6 is 0 Å². The first kappa shape index (κ1) is 14.6. The topological polar surface area (TPSA) is 77.2 Å². The number of rotatable bonds is 6. The number of nitrogens with two attached hydrogens (primary N) is 1. The van der Waals surface area contributed by atoms with Crippen molar-refractivity contribution in [2.75, 3.05) is 11.5 Å². The van der Waals surface area contributed by atoms with Crippen molar-refractivity contribution in [3.8, 4) is 0 Å². The van der Waals surface area contributed by atoms with Gasteiger partial charge < -0.3 is 5.73 Å². The summed E-state index contributed by atoms with van der Waals surface area (Å²) in [5.74, 6) is 0.401. The molecular formula is C12H23NO3S. The molecule has 2 unspecified atom stereocenters. The fraction of sp³-hybridized carbons (Fsp3) is 0.917. The van der Waals surface area contributed by atoms with Gasteiger partial charge in [-0.1, -0.05) is 19.8 Å². The predicted molar refractivity (Wildman–Crippen MR) is 68.5 cm³/mol. The number of carbonyl (C=O) groups excluding carboxylic acids is 1. The van der Waals surface area contributed by atoms with Gasteiger partial charge in [-0.3, -0.25) is 4.79 Å². The molecule has 1 aliphatic carbocycles. The molecule has 1 rings (SSSR count). The highest BCUT2D eigenvalue weighted by molar-refractivity contribution is 7.91. The fourth-order valence-electron chi connectivity index (χ4n) is 2.36. The van der Waals surface area contributed by atoms with E-state index in [2.05, 4.69) is 0 Å².